The van der Waals surface area contributed by atoms with Crippen LogP contribution in [-0.2, 0) is 0 Å². The molecule has 1 aromatic rings. The molecule has 1 rings (SSSR count). The Labute approximate surface area is 75.1 Å². The molecule has 0 saturated carbocycles. The summed E-state index contributed by atoms with van der Waals surface area (Å²) < 4.78 is 0. The van der Waals surface area contributed by atoms with Crippen LogP contribution in [0.5, 0.6) is 5.75 Å². The lowest BCUT2D eigenvalue weighted by Gasteiger charge is -1.97. The molecule has 0 aliphatic carbocycles. The van der Waals surface area contributed by atoms with Gasteiger partial charge in [0.1, 0.15) is 5.75 Å². The predicted molar refractivity (Wildman–Crippen MR) is 53.5 cm³/mol. The number of hydrogen-bond donors (Lipinski definition) is 1. The Kier molecular flexibility index (Phi) is 5.18. The molecule has 0 radical (unpaired) electrons. The van der Waals surface area contributed by atoms with E-state index in [1.807, 2.05) is 26.0 Å². The fourth-order valence-electron chi connectivity index (χ4n) is 0.719. The van der Waals surface area contributed by atoms with Crippen LogP contribution >= 0.6 is 0 Å². The number of rotatable bonds is 0. The maximum atomic E-state index is 9.10. The van der Waals surface area contributed by atoms with E-state index in [1.165, 1.54) is 6.42 Å². The van der Waals surface area contributed by atoms with E-state index in [1.54, 1.807) is 6.07 Å². The Morgan fingerprint density at radius 3 is 2.00 bits per heavy atom. The Bertz CT molecular complexity index is 228. The summed E-state index contributed by atoms with van der Waals surface area (Å²) in [6.07, 6.45) is 1.25. The number of phenols is 1. The second-order valence-corrected chi connectivity index (χ2v) is 3.00. The summed E-state index contributed by atoms with van der Waals surface area (Å²) in [5.41, 5.74) is 2.03. The van der Waals surface area contributed by atoms with Crippen LogP contribution in [0.1, 0.15) is 31.4 Å². The molecule has 0 fully saturated rings. The number of aromatic hydroxyl groups is 1. The second-order valence-electron chi connectivity index (χ2n) is 3.00. The molecule has 0 heterocycles. The standard InChI is InChI=1S/C8H10O.C3H8/c1-6-3-4-7(2)8(9)5-6;1-3-2/h3-5,9H,1-2H3;3H2,1-2H3. The number of aryl methyl sites for hydroxylation is 2. The van der Waals surface area contributed by atoms with Gasteiger partial charge < -0.3 is 5.11 Å². The van der Waals surface area contributed by atoms with Crippen LogP contribution in [0.15, 0.2) is 18.2 Å². The van der Waals surface area contributed by atoms with Crippen LogP contribution < -0.4 is 0 Å². The summed E-state index contributed by atoms with van der Waals surface area (Å²) in [6, 6.07) is 5.65. The Hall–Kier alpha value is -0.980. The third-order valence-corrected chi connectivity index (χ3v) is 1.36. The van der Waals surface area contributed by atoms with Crippen LogP contribution in [-0.4, -0.2) is 5.11 Å². The largest absolute Gasteiger partial charge is 0.508 e. The minimum absolute atomic E-state index is 0.384. The van der Waals surface area contributed by atoms with Gasteiger partial charge >= 0.3 is 0 Å². The van der Waals surface area contributed by atoms with Crippen molar-refractivity contribution < 1.29 is 5.11 Å². The Balaban J connectivity index is 0.000000354. The van der Waals surface area contributed by atoms with Crippen molar-refractivity contribution in [3.63, 3.8) is 0 Å². The van der Waals surface area contributed by atoms with Gasteiger partial charge in [-0.05, 0) is 31.0 Å². The van der Waals surface area contributed by atoms with Crippen LogP contribution in [0.3, 0.4) is 0 Å². The van der Waals surface area contributed by atoms with Gasteiger partial charge in [-0.15, -0.1) is 0 Å². The molecule has 0 saturated heterocycles. The zero-order valence-electron chi connectivity index (χ0n) is 8.39. The summed E-state index contributed by atoms with van der Waals surface area (Å²) in [5, 5.41) is 9.10. The molecule has 0 spiro atoms. The highest BCUT2D eigenvalue weighted by atomic mass is 16.3. The van der Waals surface area contributed by atoms with Gasteiger partial charge in [0.2, 0.25) is 0 Å². The fraction of sp³-hybridized carbons (Fsp3) is 0.455. The van der Waals surface area contributed by atoms with Crippen molar-refractivity contribution in [2.45, 2.75) is 34.1 Å². The first kappa shape index (κ1) is 11.0. The lowest BCUT2D eigenvalue weighted by atomic mass is 10.1. The predicted octanol–water partition coefficient (Wildman–Crippen LogP) is 3.43. The van der Waals surface area contributed by atoms with E-state index >= 15 is 0 Å². The van der Waals surface area contributed by atoms with Crippen molar-refractivity contribution in [2.75, 3.05) is 0 Å². The molecular formula is C11H18O. The summed E-state index contributed by atoms with van der Waals surface area (Å²) in [7, 11) is 0. The lowest BCUT2D eigenvalue weighted by molar-refractivity contribution is 0.470. The topological polar surface area (TPSA) is 20.2 Å². The average molecular weight is 166 g/mol. The van der Waals surface area contributed by atoms with E-state index in [-0.39, 0.29) is 0 Å². The van der Waals surface area contributed by atoms with E-state index in [2.05, 4.69) is 13.8 Å². The van der Waals surface area contributed by atoms with Gasteiger partial charge in [-0.25, -0.2) is 0 Å². The SMILES string of the molecule is CCC.Cc1ccc(C)c(O)c1. The first-order valence-electron chi connectivity index (χ1n) is 4.38. The molecular weight excluding hydrogens is 148 g/mol. The third-order valence-electron chi connectivity index (χ3n) is 1.36. The van der Waals surface area contributed by atoms with Crippen LogP contribution in [0.25, 0.3) is 0 Å². The number of hydrogen-bond acceptors (Lipinski definition) is 1. The fourth-order valence-corrected chi connectivity index (χ4v) is 0.719. The van der Waals surface area contributed by atoms with E-state index < -0.39 is 0 Å². The molecule has 1 N–H and O–H groups in total. The highest BCUT2D eigenvalue weighted by Gasteiger charge is 1.91. The third kappa shape index (κ3) is 4.02. The van der Waals surface area contributed by atoms with E-state index in [4.69, 9.17) is 5.11 Å². The van der Waals surface area contributed by atoms with Crippen molar-refractivity contribution in [1.29, 1.82) is 0 Å². The van der Waals surface area contributed by atoms with Crippen LogP contribution in [0.4, 0.5) is 0 Å². The molecule has 1 heteroatoms. The molecule has 0 aliphatic heterocycles. The average Bonchev–Trinajstić information content (AvgIpc) is 1.99. The minimum Gasteiger partial charge on any atom is -0.508 e. The molecule has 0 amide bonds. The highest BCUT2D eigenvalue weighted by molar-refractivity contribution is 5.34. The number of phenolic OH excluding ortho intramolecular Hbond substituents is 1. The molecule has 0 atom stereocenters. The maximum Gasteiger partial charge on any atom is 0.118 e. The van der Waals surface area contributed by atoms with Crippen LogP contribution in [0, 0.1) is 13.8 Å². The zero-order valence-corrected chi connectivity index (χ0v) is 8.39. The number of benzene rings is 1. The lowest BCUT2D eigenvalue weighted by Crippen LogP contribution is -1.74. The summed E-state index contributed by atoms with van der Waals surface area (Å²) >= 11 is 0. The van der Waals surface area contributed by atoms with Crippen molar-refractivity contribution in [1.82, 2.24) is 0 Å². The van der Waals surface area contributed by atoms with Gasteiger partial charge in [0, 0.05) is 0 Å². The summed E-state index contributed by atoms with van der Waals surface area (Å²) in [6.45, 7) is 8.09. The Morgan fingerprint density at radius 1 is 1.17 bits per heavy atom. The summed E-state index contributed by atoms with van der Waals surface area (Å²) in [4.78, 5) is 0. The maximum absolute atomic E-state index is 9.10. The van der Waals surface area contributed by atoms with Gasteiger partial charge in [-0.3, -0.25) is 0 Å². The van der Waals surface area contributed by atoms with Crippen molar-refractivity contribution in [2.24, 2.45) is 0 Å². The van der Waals surface area contributed by atoms with E-state index in [0.717, 1.165) is 11.1 Å². The second kappa shape index (κ2) is 5.64. The monoisotopic (exact) mass is 166 g/mol. The quantitative estimate of drug-likeness (QED) is 0.626. The summed E-state index contributed by atoms with van der Waals surface area (Å²) in [5.74, 6) is 0.384. The van der Waals surface area contributed by atoms with Gasteiger partial charge in [0.05, 0.1) is 0 Å². The highest BCUT2D eigenvalue weighted by Crippen LogP contribution is 2.15. The van der Waals surface area contributed by atoms with Crippen molar-refractivity contribution in [3.8, 4) is 5.75 Å². The molecule has 12 heavy (non-hydrogen) atoms. The molecule has 68 valence electrons. The van der Waals surface area contributed by atoms with Crippen molar-refractivity contribution >= 4 is 0 Å². The van der Waals surface area contributed by atoms with Gasteiger partial charge in [0.15, 0.2) is 0 Å². The van der Waals surface area contributed by atoms with Crippen molar-refractivity contribution in [3.05, 3.63) is 29.3 Å². The molecule has 1 aromatic carbocycles. The molecule has 0 unspecified atom stereocenters. The molecule has 1 nitrogen and oxygen atoms in total. The molecule has 0 aliphatic rings. The Morgan fingerprint density at radius 2 is 1.67 bits per heavy atom. The molecule has 0 bridgehead atoms. The van der Waals surface area contributed by atoms with Gasteiger partial charge in [-0.2, -0.15) is 0 Å². The first-order chi connectivity index (χ1) is 5.61. The normalized spacial score (nSPS) is 8.67. The van der Waals surface area contributed by atoms with E-state index in [0.29, 0.717) is 5.75 Å². The van der Waals surface area contributed by atoms with Crippen LogP contribution in [0.2, 0.25) is 0 Å². The van der Waals surface area contributed by atoms with Gasteiger partial charge in [-0.1, -0.05) is 32.4 Å². The smallest absolute Gasteiger partial charge is 0.118 e. The first-order valence-corrected chi connectivity index (χ1v) is 4.38. The molecule has 0 aromatic heterocycles. The zero-order chi connectivity index (χ0) is 9.56. The minimum atomic E-state index is 0.384. The van der Waals surface area contributed by atoms with Gasteiger partial charge in [0.25, 0.3) is 0 Å². The van der Waals surface area contributed by atoms with E-state index in [9.17, 15) is 0 Å².